The smallest absolute Gasteiger partial charge is 0.404 e. The molecule has 0 spiro atoms. The van der Waals surface area contributed by atoms with Crippen LogP contribution in [0.4, 0.5) is 11.5 Å². The van der Waals surface area contributed by atoms with Gasteiger partial charge >= 0.3 is 5.82 Å². The van der Waals surface area contributed by atoms with Gasteiger partial charge in [-0.15, -0.1) is 0 Å². The minimum Gasteiger partial charge on any atom is -0.493 e. The third kappa shape index (κ3) is 4.51. The molecule has 0 aliphatic carbocycles. The van der Waals surface area contributed by atoms with Crippen LogP contribution in [0.5, 0.6) is 11.5 Å². The van der Waals surface area contributed by atoms with Crippen molar-refractivity contribution in [3.63, 3.8) is 0 Å². The number of nitrogens with zero attached hydrogens (tertiary/aromatic N) is 3. The lowest BCUT2D eigenvalue weighted by molar-refractivity contribution is -0.390. The summed E-state index contributed by atoms with van der Waals surface area (Å²) in [5.41, 5.74) is 1.25. The van der Waals surface area contributed by atoms with Gasteiger partial charge in [-0.05, 0) is 46.3 Å². The van der Waals surface area contributed by atoms with E-state index >= 15 is 0 Å². The van der Waals surface area contributed by atoms with E-state index in [9.17, 15) is 14.9 Å². The summed E-state index contributed by atoms with van der Waals surface area (Å²) in [4.78, 5) is 22.4. The van der Waals surface area contributed by atoms with Crippen LogP contribution in [-0.2, 0) is 11.3 Å². The number of rotatable bonds is 8. The summed E-state index contributed by atoms with van der Waals surface area (Å²) in [6, 6.07) is 5.10. The van der Waals surface area contributed by atoms with Gasteiger partial charge in [-0.2, -0.15) is 4.68 Å². The second-order valence-electron chi connectivity index (χ2n) is 5.42. The lowest BCUT2D eigenvalue weighted by Crippen LogP contribution is -2.13. The molecule has 140 valence electrons. The Kier molecular flexibility index (Phi) is 6.56. The van der Waals surface area contributed by atoms with Gasteiger partial charge in [0, 0.05) is 18.2 Å². The topological polar surface area (TPSA) is 109 Å². The van der Waals surface area contributed by atoms with Crippen molar-refractivity contribution in [1.29, 1.82) is 0 Å². The number of anilines is 1. The molecule has 1 aromatic carbocycles. The molecule has 0 aliphatic heterocycles. The number of benzene rings is 1. The highest BCUT2D eigenvalue weighted by Crippen LogP contribution is 2.30. The van der Waals surface area contributed by atoms with E-state index < -0.39 is 4.92 Å². The van der Waals surface area contributed by atoms with Crippen molar-refractivity contribution in [3.05, 3.63) is 38.5 Å². The fourth-order valence-electron chi connectivity index (χ4n) is 2.37. The Balaban J connectivity index is 1.92. The Morgan fingerprint density at radius 3 is 2.62 bits per heavy atom. The number of hydrogen-bond acceptors (Lipinski definition) is 6. The average molecular weight is 427 g/mol. The van der Waals surface area contributed by atoms with E-state index in [1.807, 2.05) is 0 Å². The van der Waals surface area contributed by atoms with Crippen molar-refractivity contribution in [2.45, 2.75) is 26.3 Å². The third-order valence-electron chi connectivity index (χ3n) is 3.73. The number of aryl methyl sites for hydroxylation is 1. The molecular formula is C16H19BrN4O5. The fraction of sp³-hybridized carbons (Fsp3) is 0.375. The molecule has 1 heterocycles. The van der Waals surface area contributed by atoms with E-state index in [-0.39, 0.29) is 18.1 Å². The van der Waals surface area contributed by atoms with Gasteiger partial charge < -0.3 is 24.9 Å². The van der Waals surface area contributed by atoms with Gasteiger partial charge in [-0.25, -0.2) is 0 Å². The van der Waals surface area contributed by atoms with Crippen LogP contribution in [0.2, 0.25) is 0 Å². The van der Waals surface area contributed by atoms with Gasteiger partial charge in [0.2, 0.25) is 5.91 Å². The first-order chi connectivity index (χ1) is 12.4. The molecule has 0 bridgehead atoms. The minimum atomic E-state index is -0.544. The standard InChI is InChI=1S/C16H19BrN4O5/c1-10-15(17)16(21(23)24)19-20(10)8-4-5-14(22)18-11-6-7-12(25-2)13(9-11)26-3/h6-7,9H,4-5,8H2,1-3H3,(H,18,22). The summed E-state index contributed by atoms with van der Waals surface area (Å²) >= 11 is 3.17. The van der Waals surface area contributed by atoms with Crippen molar-refractivity contribution < 1.29 is 19.2 Å². The summed E-state index contributed by atoms with van der Waals surface area (Å²) in [6.07, 6.45) is 0.740. The zero-order valence-corrected chi connectivity index (χ0v) is 16.2. The van der Waals surface area contributed by atoms with Crippen molar-refractivity contribution >= 4 is 33.3 Å². The Bertz CT molecular complexity index is 821. The number of hydrogen-bond donors (Lipinski definition) is 1. The molecule has 0 unspecified atom stereocenters. The van der Waals surface area contributed by atoms with Crippen LogP contribution < -0.4 is 14.8 Å². The molecule has 0 fully saturated rings. The van der Waals surface area contributed by atoms with Gasteiger partial charge in [0.15, 0.2) is 11.5 Å². The van der Waals surface area contributed by atoms with E-state index in [4.69, 9.17) is 9.47 Å². The quantitative estimate of drug-likeness (QED) is 0.512. The van der Waals surface area contributed by atoms with Crippen molar-refractivity contribution in [2.24, 2.45) is 0 Å². The summed E-state index contributed by atoms with van der Waals surface area (Å²) < 4.78 is 12.2. The largest absolute Gasteiger partial charge is 0.493 e. The molecule has 1 amide bonds. The van der Waals surface area contributed by atoms with E-state index in [0.717, 1.165) is 0 Å². The molecule has 0 radical (unpaired) electrons. The van der Waals surface area contributed by atoms with Gasteiger partial charge in [0.25, 0.3) is 0 Å². The predicted octanol–water partition coefficient (Wildman–Crippen LogP) is 3.30. The van der Waals surface area contributed by atoms with Crippen LogP contribution >= 0.6 is 15.9 Å². The summed E-state index contributed by atoms with van der Waals surface area (Å²) in [6.45, 7) is 2.13. The highest BCUT2D eigenvalue weighted by atomic mass is 79.9. The molecular weight excluding hydrogens is 408 g/mol. The number of methoxy groups -OCH3 is 2. The molecule has 26 heavy (non-hydrogen) atoms. The van der Waals surface area contributed by atoms with Crippen LogP contribution in [-0.4, -0.2) is 34.8 Å². The van der Waals surface area contributed by atoms with Crippen molar-refractivity contribution in [1.82, 2.24) is 9.78 Å². The number of aromatic nitrogens is 2. The van der Waals surface area contributed by atoms with Gasteiger partial charge in [0.1, 0.15) is 4.47 Å². The van der Waals surface area contributed by atoms with Gasteiger partial charge in [-0.3, -0.25) is 4.79 Å². The lowest BCUT2D eigenvalue weighted by atomic mass is 10.2. The highest BCUT2D eigenvalue weighted by molar-refractivity contribution is 9.10. The molecule has 2 aromatic rings. The van der Waals surface area contributed by atoms with Crippen LogP contribution in [0, 0.1) is 17.0 Å². The molecule has 1 aromatic heterocycles. The highest BCUT2D eigenvalue weighted by Gasteiger charge is 2.23. The van der Waals surface area contributed by atoms with E-state index in [2.05, 4.69) is 26.3 Å². The molecule has 10 heteroatoms. The zero-order chi connectivity index (χ0) is 19.3. The number of carbonyl (C=O) groups is 1. The maximum atomic E-state index is 12.1. The second kappa shape index (κ2) is 8.65. The molecule has 0 saturated carbocycles. The van der Waals surface area contributed by atoms with Gasteiger partial charge in [0.05, 0.1) is 31.6 Å². The Hall–Kier alpha value is -2.62. The molecule has 1 N–H and O–H groups in total. The summed E-state index contributed by atoms with van der Waals surface area (Å²) in [5.74, 6) is 0.703. The minimum absolute atomic E-state index is 0.171. The molecule has 0 aliphatic rings. The monoisotopic (exact) mass is 426 g/mol. The fourth-order valence-corrected chi connectivity index (χ4v) is 2.80. The first-order valence-corrected chi connectivity index (χ1v) is 8.55. The number of halogens is 1. The van der Waals surface area contributed by atoms with Crippen molar-refractivity contribution in [2.75, 3.05) is 19.5 Å². The van der Waals surface area contributed by atoms with Crippen LogP contribution in [0.3, 0.4) is 0 Å². The lowest BCUT2D eigenvalue weighted by Gasteiger charge is -2.10. The van der Waals surface area contributed by atoms with Crippen LogP contribution in [0.25, 0.3) is 0 Å². The first-order valence-electron chi connectivity index (χ1n) is 7.76. The summed E-state index contributed by atoms with van der Waals surface area (Å²) in [7, 11) is 3.06. The predicted molar refractivity (Wildman–Crippen MR) is 98.7 cm³/mol. The second-order valence-corrected chi connectivity index (χ2v) is 6.22. The number of ether oxygens (including phenoxy) is 2. The maximum Gasteiger partial charge on any atom is 0.404 e. The Morgan fingerprint density at radius 2 is 2.04 bits per heavy atom. The molecule has 0 saturated heterocycles. The summed E-state index contributed by atoms with van der Waals surface area (Å²) in [5, 5.41) is 17.6. The van der Waals surface area contributed by atoms with Crippen molar-refractivity contribution in [3.8, 4) is 11.5 Å². The number of nitrogens with one attached hydrogen (secondary N) is 1. The average Bonchev–Trinajstić information content (AvgIpc) is 2.90. The van der Waals surface area contributed by atoms with E-state index in [1.54, 1.807) is 25.1 Å². The first kappa shape index (κ1) is 19.7. The third-order valence-corrected chi connectivity index (χ3v) is 4.66. The zero-order valence-electron chi connectivity index (χ0n) is 14.6. The molecule has 0 atom stereocenters. The Morgan fingerprint density at radius 1 is 1.35 bits per heavy atom. The van der Waals surface area contributed by atoms with Gasteiger partial charge in [-0.1, -0.05) is 0 Å². The Labute approximate surface area is 158 Å². The van der Waals surface area contributed by atoms with E-state index in [1.165, 1.54) is 18.9 Å². The molecule has 2 rings (SSSR count). The SMILES string of the molecule is COc1ccc(NC(=O)CCCn2nc([N+](=O)[O-])c(Br)c2C)cc1OC. The molecule has 9 nitrogen and oxygen atoms in total. The van der Waals surface area contributed by atoms with Crippen LogP contribution in [0.15, 0.2) is 22.7 Å². The number of amides is 1. The van der Waals surface area contributed by atoms with Crippen LogP contribution in [0.1, 0.15) is 18.5 Å². The maximum absolute atomic E-state index is 12.1. The van der Waals surface area contributed by atoms with E-state index in [0.29, 0.717) is 40.3 Å². The normalized spacial score (nSPS) is 10.5. The number of nitro groups is 1. The number of carbonyl (C=O) groups excluding carboxylic acids is 1.